The number of esters is 1. The highest BCUT2D eigenvalue weighted by Crippen LogP contribution is 2.37. The fourth-order valence-corrected chi connectivity index (χ4v) is 2.43. The first-order valence-corrected chi connectivity index (χ1v) is 7.49. The van der Waals surface area contributed by atoms with Crippen LogP contribution >= 0.6 is 23.2 Å². The van der Waals surface area contributed by atoms with Crippen LogP contribution in [0.5, 0.6) is 11.5 Å². The van der Waals surface area contributed by atoms with Gasteiger partial charge < -0.3 is 20.9 Å². The molecule has 6 nitrogen and oxygen atoms in total. The highest BCUT2D eigenvalue weighted by molar-refractivity contribution is 6.38. The number of hydrogen-bond acceptors (Lipinski definition) is 6. The molecule has 0 fully saturated rings. The number of nitrogens with two attached hydrogens (primary N) is 2. The number of nitrogen functional groups attached to an aromatic ring is 1. The molecule has 0 aliphatic carbocycles. The predicted octanol–water partition coefficient (Wildman–Crippen LogP) is 3.05. The maximum atomic E-state index is 12.2. The third kappa shape index (κ3) is 3.97. The van der Waals surface area contributed by atoms with Crippen molar-refractivity contribution in [2.75, 3.05) is 12.8 Å². The lowest BCUT2D eigenvalue weighted by atomic mass is 10.0. The number of carbonyl (C=O) groups is 2. The molecule has 126 valence electrons. The summed E-state index contributed by atoms with van der Waals surface area (Å²) in [7, 11) is 1.14. The molecular weight excluding hydrogens is 355 g/mol. The molecule has 0 saturated heterocycles. The van der Waals surface area contributed by atoms with E-state index in [1.807, 2.05) is 0 Å². The van der Waals surface area contributed by atoms with Crippen LogP contribution in [0.4, 0.5) is 5.69 Å². The van der Waals surface area contributed by atoms with E-state index in [1.165, 1.54) is 12.1 Å². The third-order valence-electron chi connectivity index (χ3n) is 3.12. The molecule has 0 heterocycles. The Kier molecular flexibility index (Phi) is 5.66. The molecule has 0 bridgehead atoms. The van der Waals surface area contributed by atoms with E-state index < -0.39 is 17.8 Å². The van der Waals surface area contributed by atoms with Gasteiger partial charge in [0.05, 0.1) is 17.2 Å². The minimum atomic E-state index is -1.45. The van der Waals surface area contributed by atoms with Gasteiger partial charge in [-0.05, 0) is 36.4 Å². The number of methoxy groups -OCH3 is 1. The summed E-state index contributed by atoms with van der Waals surface area (Å²) in [6, 6.07) is 7.80. The first kappa shape index (κ1) is 18.1. The van der Waals surface area contributed by atoms with E-state index in [2.05, 4.69) is 4.74 Å². The maximum Gasteiger partial charge on any atom is 0.330 e. The minimum absolute atomic E-state index is 0.0764. The summed E-state index contributed by atoms with van der Waals surface area (Å²) in [6.07, 6.45) is 0. The van der Waals surface area contributed by atoms with Gasteiger partial charge in [0.15, 0.2) is 17.6 Å². The zero-order valence-electron chi connectivity index (χ0n) is 12.6. The van der Waals surface area contributed by atoms with Gasteiger partial charge in [-0.3, -0.25) is 4.79 Å². The number of ether oxygens (including phenoxy) is 2. The summed E-state index contributed by atoms with van der Waals surface area (Å²) in [6.45, 7) is 0. The normalized spacial score (nSPS) is 11.7. The molecule has 8 heteroatoms. The van der Waals surface area contributed by atoms with E-state index in [4.69, 9.17) is 39.4 Å². The zero-order valence-corrected chi connectivity index (χ0v) is 14.1. The maximum absolute atomic E-state index is 12.2. The van der Waals surface area contributed by atoms with Crippen LogP contribution < -0.4 is 16.2 Å². The van der Waals surface area contributed by atoms with Crippen molar-refractivity contribution in [2.24, 2.45) is 5.73 Å². The minimum Gasteiger partial charge on any atom is -0.468 e. The lowest BCUT2D eigenvalue weighted by Crippen LogP contribution is -2.39. The van der Waals surface area contributed by atoms with Gasteiger partial charge in [-0.1, -0.05) is 23.2 Å². The molecule has 0 aromatic heterocycles. The number of carbonyl (C=O) groups excluding carboxylic acids is 2. The van der Waals surface area contributed by atoms with Gasteiger partial charge in [0.2, 0.25) is 0 Å². The van der Waals surface area contributed by atoms with Crippen LogP contribution in [-0.2, 0) is 9.53 Å². The summed E-state index contributed by atoms with van der Waals surface area (Å²) >= 11 is 12.3. The molecule has 0 aliphatic heterocycles. The van der Waals surface area contributed by atoms with E-state index in [9.17, 15) is 9.59 Å². The van der Waals surface area contributed by atoms with E-state index in [0.29, 0.717) is 11.4 Å². The fourth-order valence-electron chi connectivity index (χ4n) is 1.87. The van der Waals surface area contributed by atoms with Crippen molar-refractivity contribution < 1.29 is 19.1 Å². The summed E-state index contributed by atoms with van der Waals surface area (Å²) < 4.78 is 10.0. The number of hydrogen-bond donors (Lipinski definition) is 2. The largest absolute Gasteiger partial charge is 0.468 e. The molecule has 2 aromatic carbocycles. The number of rotatable bonds is 5. The van der Waals surface area contributed by atoms with E-state index in [1.54, 1.807) is 24.3 Å². The SMILES string of the molecule is COC(=O)C(N)C(=O)c1cc(Cl)c(Oc2ccc(N)cc2)c(Cl)c1. The van der Waals surface area contributed by atoms with E-state index in [-0.39, 0.29) is 21.4 Å². The second kappa shape index (κ2) is 7.53. The Morgan fingerprint density at radius 1 is 1.08 bits per heavy atom. The van der Waals surface area contributed by atoms with Gasteiger partial charge in [-0.25, -0.2) is 4.79 Å². The quantitative estimate of drug-likeness (QED) is 0.363. The van der Waals surface area contributed by atoms with Gasteiger partial charge in [0.1, 0.15) is 5.75 Å². The van der Waals surface area contributed by atoms with Crippen LogP contribution in [0.1, 0.15) is 10.4 Å². The number of halogens is 2. The smallest absolute Gasteiger partial charge is 0.330 e. The Morgan fingerprint density at radius 2 is 1.62 bits per heavy atom. The summed E-state index contributed by atoms with van der Waals surface area (Å²) in [5.74, 6) is -0.872. The van der Waals surface area contributed by atoms with Crippen LogP contribution in [0.25, 0.3) is 0 Å². The van der Waals surface area contributed by atoms with Crippen molar-refractivity contribution in [1.82, 2.24) is 0 Å². The van der Waals surface area contributed by atoms with Gasteiger partial charge in [0.25, 0.3) is 0 Å². The van der Waals surface area contributed by atoms with Gasteiger partial charge in [0, 0.05) is 11.3 Å². The van der Waals surface area contributed by atoms with E-state index in [0.717, 1.165) is 7.11 Å². The topological polar surface area (TPSA) is 105 Å². The highest BCUT2D eigenvalue weighted by atomic mass is 35.5. The molecule has 0 saturated carbocycles. The molecule has 0 aliphatic rings. The lowest BCUT2D eigenvalue weighted by molar-refractivity contribution is -0.140. The van der Waals surface area contributed by atoms with Crippen molar-refractivity contribution >= 4 is 40.6 Å². The second-order valence-electron chi connectivity index (χ2n) is 4.81. The monoisotopic (exact) mass is 368 g/mol. The first-order valence-electron chi connectivity index (χ1n) is 6.73. The number of ketones is 1. The number of benzene rings is 2. The summed E-state index contributed by atoms with van der Waals surface area (Å²) in [5, 5.41) is 0.194. The molecular formula is C16H14Cl2N2O4. The third-order valence-corrected chi connectivity index (χ3v) is 3.68. The highest BCUT2D eigenvalue weighted by Gasteiger charge is 2.26. The molecule has 2 aromatic rings. The Labute approximate surface area is 148 Å². The first-order chi connectivity index (χ1) is 11.3. The number of Topliss-reactive ketones (excluding diaryl/α,β-unsaturated/α-hetero) is 1. The molecule has 0 radical (unpaired) electrons. The van der Waals surface area contributed by atoms with Crippen molar-refractivity contribution in [1.29, 1.82) is 0 Å². The molecule has 1 atom stereocenters. The van der Waals surface area contributed by atoms with Crippen molar-refractivity contribution in [3.8, 4) is 11.5 Å². The zero-order chi connectivity index (χ0) is 17.9. The second-order valence-corrected chi connectivity index (χ2v) is 5.62. The van der Waals surface area contributed by atoms with Gasteiger partial charge in [-0.15, -0.1) is 0 Å². The molecule has 4 N–H and O–H groups in total. The Morgan fingerprint density at radius 3 is 2.12 bits per heavy atom. The van der Waals surface area contributed by atoms with Crippen molar-refractivity contribution in [2.45, 2.75) is 6.04 Å². The summed E-state index contributed by atoms with van der Waals surface area (Å²) in [5.41, 5.74) is 11.8. The van der Waals surface area contributed by atoms with Crippen LogP contribution in [0, 0.1) is 0 Å². The summed E-state index contributed by atoms with van der Waals surface area (Å²) in [4.78, 5) is 23.5. The molecule has 2 rings (SSSR count). The predicted molar refractivity (Wildman–Crippen MR) is 91.7 cm³/mol. The molecule has 0 spiro atoms. The van der Waals surface area contributed by atoms with Gasteiger partial charge >= 0.3 is 5.97 Å². The molecule has 0 amide bonds. The van der Waals surface area contributed by atoms with E-state index >= 15 is 0 Å². The Balaban J connectivity index is 2.29. The average molecular weight is 369 g/mol. The van der Waals surface area contributed by atoms with Crippen LogP contribution in [0.2, 0.25) is 10.0 Å². The van der Waals surface area contributed by atoms with Crippen molar-refractivity contribution in [3.05, 3.63) is 52.0 Å². The molecule has 24 heavy (non-hydrogen) atoms. The average Bonchev–Trinajstić information content (AvgIpc) is 2.57. The lowest BCUT2D eigenvalue weighted by Gasteiger charge is -2.13. The number of anilines is 1. The fraction of sp³-hybridized carbons (Fsp3) is 0.125. The standard InChI is InChI=1S/C16H14Cl2N2O4/c1-23-16(22)13(20)14(21)8-6-11(17)15(12(18)7-8)24-10-4-2-9(19)3-5-10/h2-7,13H,19-20H2,1H3. The molecule has 1 unspecified atom stereocenters. The van der Waals surface area contributed by atoms with Crippen LogP contribution in [0.15, 0.2) is 36.4 Å². The van der Waals surface area contributed by atoms with Crippen LogP contribution in [-0.4, -0.2) is 24.9 Å². The van der Waals surface area contributed by atoms with Gasteiger partial charge in [-0.2, -0.15) is 0 Å². The van der Waals surface area contributed by atoms with Crippen LogP contribution in [0.3, 0.4) is 0 Å². The Hall–Kier alpha value is -2.28. The van der Waals surface area contributed by atoms with Crippen molar-refractivity contribution in [3.63, 3.8) is 0 Å². The Bertz CT molecular complexity index is 755.